The Bertz CT molecular complexity index is 491. The predicted octanol–water partition coefficient (Wildman–Crippen LogP) is 4.73. The second kappa shape index (κ2) is 6.12. The number of hydrogen-bond acceptors (Lipinski definition) is 1. The molecular formula is C15H13ClO. The molecule has 0 spiro atoms. The first-order valence-corrected chi connectivity index (χ1v) is 5.97. The van der Waals surface area contributed by atoms with Crippen molar-refractivity contribution in [3.05, 3.63) is 66.2 Å². The Hall–Kier alpha value is -1.73. The van der Waals surface area contributed by atoms with Crippen molar-refractivity contribution < 1.29 is 4.74 Å². The van der Waals surface area contributed by atoms with E-state index in [2.05, 4.69) is 0 Å². The first kappa shape index (κ1) is 11.7. The number of ether oxygens (including phenoxy) is 1. The highest BCUT2D eigenvalue weighted by Gasteiger charge is 1.96. The first-order valence-electron chi connectivity index (χ1n) is 5.44. The second-order valence-corrected chi connectivity index (χ2v) is 3.85. The van der Waals surface area contributed by atoms with Gasteiger partial charge in [0.2, 0.25) is 0 Å². The van der Waals surface area contributed by atoms with Crippen molar-refractivity contribution >= 4 is 17.7 Å². The third-order valence-corrected chi connectivity index (χ3v) is 2.41. The van der Waals surface area contributed by atoms with Gasteiger partial charge in [-0.2, -0.15) is 0 Å². The van der Waals surface area contributed by atoms with Crippen LogP contribution in [0.3, 0.4) is 0 Å². The molecule has 2 heteroatoms. The maximum Gasteiger partial charge on any atom is 0.128 e. The largest absolute Gasteiger partial charge is 0.457 e. The molecule has 0 radical (unpaired) electrons. The van der Waals surface area contributed by atoms with Gasteiger partial charge < -0.3 is 4.74 Å². The monoisotopic (exact) mass is 244 g/mol. The van der Waals surface area contributed by atoms with Crippen LogP contribution in [0, 0.1) is 0 Å². The molecule has 0 aliphatic heterocycles. The molecule has 86 valence electrons. The fourth-order valence-corrected chi connectivity index (χ4v) is 1.58. The van der Waals surface area contributed by atoms with Gasteiger partial charge in [0.25, 0.3) is 0 Å². The average Bonchev–Trinajstić information content (AvgIpc) is 2.38. The molecule has 0 fully saturated rings. The summed E-state index contributed by atoms with van der Waals surface area (Å²) in [6.07, 6.45) is 3.88. The number of rotatable bonds is 4. The minimum atomic E-state index is 0.518. The maximum atomic E-state index is 5.73. The lowest BCUT2D eigenvalue weighted by atomic mass is 10.2. The molecule has 0 N–H and O–H groups in total. The molecule has 1 nitrogen and oxygen atoms in total. The summed E-state index contributed by atoms with van der Waals surface area (Å²) in [5.74, 6) is 2.18. The van der Waals surface area contributed by atoms with E-state index in [1.807, 2.05) is 66.7 Å². The minimum Gasteiger partial charge on any atom is -0.457 e. The first-order chi connectivity index (χ1) is 8.38. The number of halogens is 1. The van der Waals surface area contributed by atoms with Gasteiger partial charge in [-0.25, -0.2) is 0 Å². The minimum absolute atomic E-state index is 0.518. The quantitative estimate of drug-likeness (QED) is 0.707. The fourth-order valence-electron chi connectivity index (χ4n) is 1.49. The highest BCUT2D eigenvalue weighted by atomic mass is 35.5. The molecule has 0 aliphatic carbocycles. The number of benzene rings is 2. The third kappa shape index (κ3) is 3.65. The fraction of sp³-hybridized carbons (Fsp3) is 0.0667. The smallest absolute Gasteiger partial charge is 0.128 e. The molecule has 0 heterocycles. The van der Waals surface area contributed by atoms with Crippen LogP contribution in [0.15, 0.2) is 60.7 Å². The molecule has 0 aromatic heterocycles. The van der Waals surface area contributed by atoms with E-state index >= 15 is 0 Å². The molecule has 2 aromatic rings. The Kier molecular flexibility index (Phi) is 4.23. The summed E-state index contributed by atoms with van der Waals surface area (Å²) in [4.78, 5) is 0. The average molecular weight is 245 g/mol. The molecule has 0 saturated heterocycles. The number of allylic oxidation sites excluding steroid dienone is 1. The zero-order valence-corrected chi connectivity index (χ0v) is 10.1. The van der Waals surface area contributed by atoms with Gasteiger partial charge in [-0.05, 0) is 29.8 Å². The van der Waals surface area contributed by atoms with Gasteiger partial charge in [-0.15, -0.1) is 11.6 Å². The molecule has 0 amide bonds. The third-order valence-electron chi connectivity index (χ3n) is 2.24. The maximum absolute atomic E-state index is 5.73. The van der Waals surface area contributed by atoms with Crippen molar-refractivity contribution in [3.63, 3.8) is 0 Å². The molecule has 0 aliphatic rings. The molecule has 0 bridgehead atoms. The summed E-state index contributed by atoms with van der Waals surface area (Å²) in [5, 5.41) is 0. The number of alkyl halides is 1. The van der Waals surface area contributed by atoms with Crippen LogP contribution >= 0.6 is 11.6 Å². The normalized spacial score (nSPS) is 10.6. The van der Waals surface area contributed by atoms with Crippen molar-refractivity contribution in [1.82, 2.24) is 0 Å². The lowest BCUT2D eigenvalue weighted by molar-refractivity contribution is 0.482. The molecular weight excluding hydrogens is 232 g/mol. The van der Waals surface area contributed by atoms with Gasteiger partial charge in [0.1, 0.15) is 11.5 Å². The standard InChI is InChI=1S/C15H13ClO/c16-11-5-7-13-6-4-10-15(12-13)17-14-8-2-1-3-9-14/h1-10,12H,11H2/b7-5+. The van der Waals surface area contributed by atoms with E-state index in [0.717, 1.165) is 17.1 Å². The molecule has 0 atom stereocenters. The zero-order valence-electron chi connectivity index (χ0n) is 9.34. The topological polar surface area (TPSA) is 9.23 Å². The zero-order chi connectivity index (χ0) is 11.9. The van der Waals surface area contributed by atoms with E-state index in [4.69, 9.17) is 16.3 Å². The van der Waals surface area contributed by atoms with E-state index in [1.54, 1.807) is 0 Å². The summed E-state index contributed by atoms with van der Waals surface area (Å²) in [5.41, 5.74) is 1.08. The Morgan fingerprint density at radius 1 is 0.941 bits per heavy atom. The van der Waals surface area contributed by atoms with Crippen LogP contribution in [0.4, 0.5) is 0 Å². The van der Waals surface area contributed by atoms with E-state index in [-0.39, 0.29) is 0 Å². The van der Waals surface area contributed by atoms with E-state index in [0.29, 0.717) is 5.88 Å². The Morgan fingerprint density at radius 3 is 2.47 bits per heavy atom. The molecule has 2 aromatic carbocycles. The van der Waals surface area contributed by atoms with Crippen molar-refractivity contribution in [2.75, 3.05) is 5.88 Å². The van der Waals surface area contributed by atoms with Crippen LogP contribution in [0.5, 0.6) is 11.5 Å². The van der Waals surface area contributed by atoms with Gasteiger partial charge in [-0.1, -0.05) is 42.5 Å². The van der Waals surface area contributed by atoms with Gasteiger partial charge in [0.15, 0.2) is 0 Å². The summed E-state index contributed by atoms with van der Waals surface area (Å²) >= 11 is 5.60. The van der Waals surface area contributed by atoms with Crippen LogP contribution in [0.2, 0.25) is 0 Å². The summed E-state index contributed by atoms with van der Waals surface area (Å²) in [6.45, 7) is 0. The van der Waals surface area contributed by atoms with Crippen molar-refractivity contribution in [2.45, 2.75) is 0 Å². The van der Waals surface area contributed by atoms with Crippen molar-refractivity contribution in [3.8, 4) is 11.5 Å². The van der Waals surface area contributed by atoms with E-state index < -0.39 is 0 Å². The Morgan fingerprint density at radius 2 is 1.71 bits per heavy atom. The van der Waals surface area contributed by atoms with Crippen LogP contribution in [-0.2, 0) is 0 Å². The van der Waals surface area contributed by atoms with Gasteiger partial charge in [-0.3, -0.25) is 0 Å². The Balaban J connectivity index is 2.14. The lowest BCUT2D eigenvalue weighted by Gasteiger charge is -2.05. The van der Waals surface area contributed by atoms with Crippen LogP contribution in [0.25, 0.3) is 6.08 Å². The van der Waals surface area contributed by atoms with Crippen LogP contribution in [0.1, 0.15) is 5.56 Å². The highest BCUT2D eigenvalue weighted by molar-refractivity contribution is 6.19. The molecule has 0 saturated carbocycles. The number of hydrogen-bond donors (Lipinski definition) is 0. The van der Waals surface area contributed by atoms with Gasteiger partial charge in [0.05, 0.1) is 0 Å². The lowest BCUT2D eigenvalue weighted by Crippen LogP contribution is -1.83. The van der Waals surface area contributed by atoms with E-state index in [1.165, 1.54) is 0 Å². The van der Waals surface area contributed by atoms with E-state index in [9.17, 15) is 0 Å². The summed E-state index contributed by atoms with van der Waals surface area (Å²) in [6, 6.07) is 17.6. The predicted molar refractivity (Wildman–Crippen MR) is 72.7 cm³/mol. The summed E-state index contributed by atoms with van der Waals surface area (Å²) < 4.78 is 5.73. The van der Waals surface area contributed by atoms with Crippen molar-refractivity contribution in [1.29, 1.82) is 0 Å². The Labute approximate surface area is 106 Å². The molecule has 0 unspecified atom stereocenters. The summed E-state index contributed by atoms with van der Waals surface area (Å²) in [7, 11) is 0. The second-order valence-electron chi connectivity index (χ2n) is 3.54. The van der Waals surface area contributed by atoms with Crippen LogP contribution in [-0.4, -0.2) is 5.88 Å². The number of para-hydroxylation sites is 1. The van der Waals surface area contributed by atoms with Crippen molar-refractivity contribution in [2.24, 2.45) is 0 Å². The highest BCUT2D eigenvalue weighted by Crippen LogP contribution is 2.22. The van der Waals surface area contributed by atoms with Gasteiger partial charge >= 0.3 is 0 Å². The van der Waals surface area contributed by atoms with Crippen LogP contribution < -0.4 is 4.74 Å². The molecule has 17 heavy (non-hydrogen) atoms. The van der Waals surface area contributed by atoms with Gasteiger partial charge in [0, 0.05) is 5.88 Å². The molecule has 2 rings (SSSR count). The SMILES string of the molecule is ClC/C=C/c1cccc(Oc2ccccc2)c1.